The third-order valence-electron chi connectivity index (χ3n) is 7.30. The summed E-state index contributed by atoms with van der Waals surface area (Å²) in [6.07, 6.45) is 3.50. The molecule has 186 valence electrons. The number of alkyl carbamates (subject to hydrolysis) is 1. The van der Waals surface area contributed by atoms with Crippen molar-refractivity contribution in [1.29, 1.82) is 0 Å². The van der Waals surface area contributed by atoms with Gasteiger partial charge in [-0.1, -0.05) is 88.1 Å². The van der Waals surface area contributed by atoms with Gasteiger partial charge in [0.05, 0.1) is 0 Å². The molecule has 0 aromatic heterocycles. The molecular formula is C28H34N2O5. The van der Waals surface area contributed by atoms with Gasteiger partial charge in [0.15, 0.2) is 0 Å². The van der Waals surface area contributed by atoms with Gasteiger partial charge in [0.2, 0.25) is 5.91 Å². The van der Waals surface area contributed by atoms with E-state index in [1.54, 1.807) is 0 Å². The molecule has 2 aromatic rings. The Balaban J connectivity index is 1.42. The van der Waals surface area contributed by atoms with Crippen molar-refractivity contribution in [2.45, 2.75) is 69.9 Å². The van der Waals surface area contributed by atoms with Gasteiger partial charge in [0.25, 0.3) is 0 Å². The van der Waals surface area contributed by atoms with Gasteiger partial charge in [0, 0.05) is 5.92 Å². The molecule has 0 heterocycles. The van der Waals surface area contributed by atoms with Crippen LogP contribution in [0.15, 0.2) is 48.5 Å². The standard InChI is InChI=1S/C28H34N2O5/c1-18(2)24(25(31)30-28(26(32)33)15-9-3-4-10-16-28)29-27(34)35-17-23-21-13-7-5-11-19(21)20-12-6-8-14-22(20)23/h5-8,11-14,18,23-24H,3-4,9-10,15-17H2,1-2H3,(H,29,34)(H,30,31)(H,32,33)/t24-/m0/s1. The van der Waals surface area contributed by atoms with Crippen LogP contribution in [-0.2, 0) is 14.3 Å². The van der Waals surface area contributed by atoms with Gasteiger partial charge in [-0.05, 0) is 41.0 Å². The fourth-order valence-electron chi connectivity index (χ4n) is 5.34. The van der Waals surface area contributed by atoms with Gasteiger partial charge in [-0.15, -0.1) is 0 Å². The average Bonchev–Trinajstić information content (AvgIpc) is 2.97. The number of carboxylic acid groups (broad SMARTS) is 1. The molecule has 7 heteroatoms. The van der Waals surface area contributed by atoms with E-state index in [1.807, 2.05) is 50.2 Å². The van der Waals surface area contributed by atoms with Crippen LogP contribution in [0.3, 0.4) is 0 Å². The number of benzene rings is 2. The molecule has 2 aliphatic carbocycles. The second kappa shape index (κ2) is 10.5. The summed E-state index contributed by atoms with van der Waals surface area (Å²) in [6.45, 7) is 3.77. The van der Waals surface area contributed by atoms with Gasteiger partial charge in [-0.2, -0.15) is 0 Å². The monoisotopic (exact) mass is 478 g/mol. The van der Waals surface area contributed by atoms with E-state index >= 15 is 0 Å². The molecule has 4 rings (SSSR count). The van der Waals surface area contributed by atoms with Gasteiger partial charge >= 0.3 is 12.1 Å². The topological polar surface area (TPSA) is 105 Å². The molecule has 0 saturated heterocycles. The van der Waals surface area contributed by atoms with Crippen LogP contribution in [0.1, 0.15) is 69.4 Å². The highest BCUT2D eigenvalue weighted by Gasteiger charge is 2.42. The fourth-order valence-corrected chi connectivity index (χ4v) is 5.34. The van der Waals surface area contributed by atoms with Crippen molar-refractivity contribution in [1.82, 2.24) is 10.6 Å². The number of carboxylic acids is 1. The molecule has 1 saturated carbocycles. The Bertz CT molecular complexity index is 1040. The van der Waals surface area contributed by atoms with Crippen molar-refractivity contribution in [2.75, 3.05) is 6.61 Å². The van der Waals surface area contributed by atoms with Crippen LogP contribution < -0.4 is 10.6 Å². The first-order valence-electron chi connectivity index (χ1n) is 12.5. The predicted molar refractivity (Wildman–Crippen MR) is 133 cm³/mol. The number of carbonyl (C=O) groups is 3. The second-order valence-corrected chi connectivity index (χ2v) is 9.98. The lowest BCUT2D eigenvalue weighted by atomic mass is 9.89. The first kappa shape index (κ1) is 24.8. The highest BCUT2D eigenvalue weighted by Crippen LogP contribution is 2.44. The quantitative estimate of drug-likeness (QED) is 0.494. The number of nitrogens with one attached hydrogen (secondary N) is 2. The molecule has 2 amide bonds. The maximum absolute atomic E-state index is 13.2. The van der Waals surface area contributed by atoms with Crippen LogP contribution in [0.2, 0.25) is 0 Å². The van der Waals surface area contributed by atoms with Gasteiger partial charge in [-0.25, -0.2) is 9.59 Å². The van der Waals surface area contributed by atoms with E-state index in [2.05, 4.69) is 22.8 Å². The van der Waals surface area contributed by atoms with Crippen LogP contribution in [-0.4, -0.2) is 41.3 Å². The zero-order chi connectivity index (χ0) is 25.0. The molecule has 2 aromatic carbocycles. The Kier molecular flexibility index (Phi) is 7.43. The summed E-state index contributed by atoms with van der Waals surface area (Å²) in [4.78, 5) is 38.0. The largest absolute Gasteiger partial charge is 0.480 e. The van der Waals surface area contributed by atoms with Gasteiger partial charge in [0.1, 0.15) is 18.2 Å². The first-order chi connectivity index (χ1) is 16.8. The minimum absolute atomic E-state index is 0.0826. The summed E-state index contributed by atoms with van der Waals surface area (Å²) in [7, 11) is 0. The van der Waals surface area contributed by atoms with Crippen molar-refractivity contribution in [3.8, 4) is 11.1 Å². The van der Waals surface area contributed by atoms with Crippen LogP contribution >= 0.6 is 0 Å². The zero-order valence-corrected chi connectivity index (χ0v) is 20.4. The number of hydrogen-bond acceptors (Lipinski definition) is 4. The lowest BCUT2D eigenvalue weighted by Gasteiger charge is -2.32. The van der Waals surface area contributed by atoms with Crippen molar-refractivity contribution in [2.24, 2.45) is 5.92 Å². The number of aliphatic carboxylic acids is 1. The van der Waals surface area contributed by atoms with Crippen molar-refractivity contribution in [3.05, 3.63) is 59.7 Å². The molecule has 3 N–H and O–H groups in total. The maximum atomic E-state index is 13.2. The predicted octanol–water partition coefficient (Wildman–Crippen LogP) is 4.84. The molecule has 1 atom stereocenters. The van der Waals surface area contributed by atoms with E-state index in [1.165, 1.54) is 0 Å². The molecule has 0 bridgehead atoms. The van der Waals surface area contributed by atoms with Crippen molar-refractivity contribution < 1.29 is 24.2 Å². The van der Waals surface area contributed by atoms with Gasteiger partial charge < -0.3 is 20.5 Å². The highest BCUT2D eigenvalue weighted by molar-refractivity contribution is 5.91. The Morgan fingerprint density at radius 1 is 0.943 bits per heavy atom. The summed E-state index contributed by atoms with van der Waals surface area (Å²) >= 11 is 0. The van der Waals surface area contributed by atoms with E-state index in [0.717, 1.165) is 47.9 Å². The number of fused-ring (bicyclic) bond motifs is 3. The summed E-state index contributed by atoms with van der Waals surface area (Å²) < 4.78 is 5.61. The number of hydrogen-bond donors (Lipinski definition) is 3. The molecule has 0 spiro atoms. The minimum Gasteiger partial charge on any atom is -0.480 e. The normalized spacial score (nSPS) is 17.6. The average molecular weight is 479 g/mol. The Hall–Kier alpha value is -3.35. The highest BCUT2D eigenvalue weighted by atomic mass is 16.5. The number of amides is 2. The molecule has 35 heavy (non-hydrogen) atoms. The van der Waals surface area contributed by atoms with Crippen LogP contribution in [0, 0.1) is 5.92 Å². The molecular weight excluding hydrogens is 444 g/mol. The number of rotatable bonds is 7. The molecule has 0 aliphatic heterocycles. The van der Waals surface area contributed by atoms with E-state index in [9.17, 15) is 19.5 Å². The molecule has 1 fully saturated rings. The van der Waals surface area contributed by atoms with Crippen molar-refractivity contribution >= 4 is 18.0 Å². The third kappa shape index (κ3) is 5.19. The van der Waals surface area contributed by atoms with E-state index in [-0.39, 0.29) is 18.4 Å². The summed E-state index contributed by atoms with van der Waals surface area (Å²) in [6, 6.07) is 15.3. The fraction of sp³-hybridized carbons (Fsp3) is 0.464. The van der Waals surface area contributed by atoms with E-state index in [4.69, 9.17) is 4.74 Å². The Morgan fingerprint density at radius 3 is 2.00 bits per heavy atom. The van der Waals surface area contributed by atoms with Crippen LogP contribution in [0.5, 0.6) is 0 Å². The number of ether oxygens (including phenoxy) is 1. The summed E-state index contributed by atoms with van der Waals surface area (Å²) in [5.41, 5.74) is 3.20. The Labute approximate surface area is 206 Å². The summed E-state index contributed by atoms with van der Waals surface area (Å²) in [5, 5.41) is 15.4. The summed E-state index contributed by atoms with van der Waals surface area (Å²) in [5.74, 6) is -1.83. The van der Waals surface area contributed by atoms with Gasteiger partial charge in [-0.3, -0.25) is 4.79 Å². The van der Waals surface area contributed by atoms with E-state index < -0.39 is 29.6 Å². The minimum atomic E-state index is -1.29. The lowest BCUT2D eigenvalue weighted by Crippen LogP contribution is -2.60. The molecule has 2 aliphatic rings. The smallest absolute Gasteiger partial charge is 0.407 e. The van der Waals surface area contributed by atoms with Crippen LogP contribution in [0.4, 0.5) is 4.79 Å². The second-order valence-electron chi connectivity index (χ2n) is 9.98. The lowest BCUT2D eigenvalue weighted by molar-refractivity contribution is -0.148. The molecule has 7 nitrogen and oxygen atoms in total. The maximum Gasteiger partial charge on any atom is 0.407 e. The molecule has 0 radical (unpaired) electrons. The first-order valence-corrected chi connectivity index (χ1v) is 12.5. The number of carbonyl (C=O) groups excluding carboxylic acids is 2. The molecule has 0 unspecified atom stereocenters. The van der Waals surface area contributed by atoms with E-state index in [0.29, 0.717) is 12.8 Å². The zero-order valence-electron chi connectivity index (χ0n) is 20.4. The SMILES string of the molecule is CC(C)[C@H](NC(=O)OCC1c2ccccc2-c2ccccc21)C(=O)NC1(C(=O)O)CCCCCC1. The van der Waals surface area contributed by atoms with Crippen LogP contribution in [0.25, 0.3) is 11.1 Å². The van der Waals surface area contributed by atoms with Crippen molar-refractivity contribution in [3.63, 3.8) is 0 Å². The Morgan fingerprint density at radius 2 is 1.49 bits per heavy atom. The third-order valence-corrected chi connectivity index (χ3v) is 7.30.